The molecule has 0 aliphatic carbocycles. The highest BCUT2D eigenvalue weighted by Gasteiger charge is 2.22. The molecule has 1 heterocycles. The van der Waals surface area contributed by atoms with Gasteiger partial charge in [0.25, 0.3) is 5.91 Å². The van der Waals surface area contributed by atoms with Crippen molar-refractivity contribution >= 4 is 17.3 Å². The average molecular weight is 410 g/mol. The van der Waals surface area contributed by atoms with Crippen molar-refractivity contribution in [3.63, 3.8) is 0 Å². The van der Waals surface area contributed by atoms with Gasteiger partial charge >= 0.3 is 0 Å². The number of nitrogens with zero attached hydrogens (tertiary/aromatic N) is 3. The molecule has 0 bridgehead atoms. The van der Waals surface area contributed by atoms with Crippen LogP contribution in [0.1, 0.15) is 29.9 Å². The van der Waals surface area contributed by atoms with E-state index in [1.54, 1.807) is 29.6 Å². The van der Waals surface area contributed by atoms with Gasteiger partial charge < -0.3 is 19.9 Å². The van der Waals surface area contributed by atoms with Crippen LogP contribution in [-0.2, 0) is 6.54 Å². The summed E-state index contributed by atoms with van der Waals surface area (Å²) in [6.07, 6.45) is 3.35. The fraction of sp³-hybridized carbons (Fsp3) is 0.304. The van der Waals surface area contributed by atoms with Gasteiger partial charge in [-0.05, 0) is 36.2 Å². The number of imidazole rings is 1. The summed E-state index contributed by atoms with van der Waals surface area (Å²) in [7, 11) is 0. The molecule has 0 spiro atoms. The number of benzene rings is 2. The number of anilines is 2. The highest BCUT2D eigenvalue weighted by molar-refractivity contribution is 6.06. The van der Waals surface area contributed by atoms with Crippen molar-refractivity contribution in [2.24, 2.45) is 5.92 Å². The number of aliphatic hydroxyl groups excluding tert-OH is 1. The second kappa shape index (κ2) is 10.0. The highest BCUT2D eigenvalue weighted by atomic mass is 19.1. The molecule has 7 heteroatoms. The van der Waals surface area contributed by atoms with E-state index in [2.05, 4.69) is 9.97 Å². The van der Waals surface area contributed by atoms with E-state index in [9.17, 15) is 14.3 Å². The van der Waals surface area contributed by atoms with Gasteiger partial charge in [0.05, 0.1) is 30.7 Å². The lowest BCUT2D eigenvalue weighted by Crippen LogP contribution is -2.35. The Balaban J connectivity index is 1.94. The first-order valence-electron chi connectivity index (χ1n) is 9.99. The van der Waals surface area contributed by atoms with Crippen LogP contribution < -0.4 is 9.80 Å². The number of carbonyl (C=O) groups excluding carboxylic acids is 1. The SMILES string of the molecule is CC(C)CN(C(=O)c1ccccc1F)c1cccc(N(CCO)Cc2cnc[nH]2)c1. The van der Waals surface area contributed by atoms with E-state index in [-0.39, 0.29) is 24.0 Å². The molecule has 0 saturated carbocycles. The minimum Gasteiger partial charge on any atom is -0.395 e. The maximum absolute atomic E-state index is 14.3. The quantitative estimate of drug-likeness (QED) is 0.562. The summed E-state index contributed by atoms with van der Waals surface area (Å²) in [5, 5.41) is 9.52. The number of aromatic amines is 1. The number of carbonyl (C=O) groups is 1. The van der Waals surface area contributed by atoms with Gasteiger partial charge in [-0.3, -0.25) is 4.79 Å². The smallest absolute Gasteiger partial charge is 0.261 e. The van der Waals surface area contributed by atoms with Crippen LogP contribution >= 0.6 is 0 Å². The molecule has 158 valence electrons. The molecule has 0 aliphatic rings. The summed E-state index contributed by atoms with van der Waals surface area (Å²) in [5.74, 6) is -0.710. The molecule has 0 aliphatic heterocycles. The van der Waals surface area contributed by atoms with E-state index in [1.165, 1.54) is 12.1 Å². The first kappa shape index (κ1) is 21.5. The van der Waals surface area contributed by atoms with Crippen LogP contribution in [0.4, 0.5) is 15.8 Å². The van der Waals surface area contributed by atoms with Gasteiger partial charge in [0.2, 0.25) is 0 Å². The molecule has 3 aromatic rings. The molecule has 0 saturated heterocycles. The number of halogens is 1. The molecular formula is C23H27FN4O2. The number of hydrogen-bond acceptors (Lipinski definition) is 4. The monoisotopic (exact) mass is 410 g/mol. The van der Waals surface area contributed by atoms with Crippen LogP contribution in [0.2, 0.25) is 0 Å². The van der Waals surface area contributed by atoms with Crippen molar-refractivity contribution in [3.8, 4) is 0 Å². The second-order valence-corrected chi connectivity index (χ2v) is 7.53. The Morgan fingerprint density at radius 1 is 1.17 bits per heavy atom. The van der Waals surface area contributed by atoms with Gasteiger partial charge in [0, 0.05) is 30.7 Å². The van der Waals surface area contributed by atoms with E-state index >= 15 is 0 Å². The van der Waals surface area contributed by atoms with Crippen LogP contribution in [0.3, 0.4) is 0 Å². The van der Waals surface area contributed by atoms with E-state index in [1.807, 2.05) is 43.0 Å². The van der Waals surface area contributed by atoms with Gasteiger partial charge in [-0.1, -0.05) is 32.0 Å². The molecule has 0 fully saturated rings. The van der Waals surface area contributed by atoms with Crippen molar-refractivity contribution in [1.29, 1.82) is 0 Å². The standard InChI is InChI=1S/C23H27FN4O2/c1-17(2)14-28(23(30)21-8-3-4-9-22(21)24)20-7-5-6-19(12-20)27(10-11-29)15-18-13-25-16-26-18/h3-9,12-13,16-17,29H,10-11,14-15H2,1-2H3,(H,25,26). The predicted molar refractivity (Wildman–Crippen MR) is 116 cm³/mol. The topological polar surface area (TPSA) is 72.5 Å². The van der Waals surface area contributed by atoms with Crippen LogP contribution in [0.25, 0.3) is 0 Å². The fourth-order valence-electron chi connectivity index (χ4n) is 3.31. The Morgan fingerprint density at radius 3 is 2.60 bits per heavy atom. The third-order valence-electron chi connectivity index (χ3n) is 4.69. The Morgan fingerprint density at radius 2 is 1.93 bits per heavy atom. The summed E-state index contributed by atoms with van der Waals surface area (Å²) in [4.78, 5) is 23.9. The zero-order chi connectivity index (χ0) is 21.5. The molecule has 3 rings (SSSR count). The van der Waals surface area contributed by atoms with Gasteiger partial charge in [0.1, 0.15) is 5.82 Å². The highest BCUT2D eigenvalue weighted by Crippen LogP contribution is 2.26. The summed E-state index contributed by atoms with van der Waals surface area (Å²) >= 11 is 0. The van der Waals surface area contributed by atoms with Gasteiger partial charge in [-0.25, -0.2) is 9.37 Å². The van der Waals surface area contributed by atoms with Crippen molar-refractivity contribution in [2.45, 2.75) is 20.4 Å². The molecule has 30 heavy (non-hydrogen) atoms. The molecule has 6 nitrogen and oxygen atoms in total. The van der Waals surface area contributed by atoms with Crippen LogP contribution in [0, 0.1) is 11.7 Å². The van der Waals surface area contributed by atoms with Crippen LogP contribution in [0.5, 0.6) is 0 Å². The zero-order valence-corrected chi connectivity index (χ0v) is 17.3. The average Bonchev–Trinajstić information content (AvgIpc) is 3.25. The molecular weight excluding hydrogens is 383 g/mol. The molecule has 0 unspecified atom stereocenters. The normalized spacial score (nSPS) is 11.0. The van der Waals surface area contributed by atoms with Crippen molar-refractivity contribution in [1.82, 2.24) is 9.97 Å². The van der Waals surface area contributed by atoms with Crippen molar-refractivity contribution in [3.05, 3.63) is 78.1 Å². The number of hydrogen-bond donors (Lipinski definition) is 2. The molecule has 0 atom stereocenters. The second-order valence-electron chi connectivity index (χ2n) is 7.53. The maximum atomic E-state index is 14.3. The van der Waals surface area contributed by atoms with Crippen LogP contribution in [0.15, 0.2) is 61.1 Å². The Hall–Kier alpha value is -3.19. The molecule has 1 aromatic heterocycles. The van der Waals surface area contributed by atoms with Gasteiger partial charge in [-0.15, -0.1) is 0 Å². The van der Waals surface area contributed by atoms with E-state index in [0.717, 1.165) is 11.4 Å². The van der Waals surface area contributed by atoms with E-state index in [0.29, 0.717) is 25.3 Å². The molecule has 1 amide bonds. The molecule has 0 radical (unpaired) electrons. The third kappa shape index (κ3) is 5.24. The largest absolute Gasteiger partial charge is 0.395 e. The fourth-order valence-corrected chi connectivity index (χ4v) is 3.31. The molecule has 2 aromatic carbocycles. The molecule has 2 N–H and O–H groups in total. The minimum absolute atomic E-state index is 0.0117. The van der Waals surface area contributed by atoms with Crippen molar-refractivity contribution < 1.29 is 14.3 Å². The first-order chi connectivity index (χ1) is 14.5. The lowest BCUT2D eigenvalue weighted by atomic mass is 10.1. The van der Waals surface area contributed by atoms with Gasteiger partial charge in [-0.2, -0.15) is 0 Å². The Kier molecular flexibility index (Phi) is 7.19. The lowest BCUT2D eigenvalue weighted by Gasteiger charge is -2.28. The minimum atomic E-state index is -0.534. The number of nitrogens with one attached hydrogen (secondary N) is 1. The lowest BCUT2D eigenvalue weighted by molar-refractivity contribution is 0.0980. The van der Waals surface area contributed by atoms with Gasteiger partial charge in [0.15, 0.2) is 0 Å². The number of H-pyrrole nitrogens is 1. The Bertz CT molecular complexity index is 959. The number of rotatable bonds is 9. The first-order valence-corrected chi connectivity index (χ1v) is 9.99. The predicted octanol–water partition coefficient (Wildman–Crippen LogP) is 3.85. The van der Waals surface area contributed by atoms with Crippen LogP contribution in [-0.4, -0.2) is 40.7 Å². The van der Waals surface area contributed by atoms with E-state index in [4.69, 9.17) is 0 Å². The number of aromatic nitrogens is 2. The zero-order valence-electron chi connectivity index (χ0n) is 17.3. The number of aliphatic hydroxyl groups is 1. The summed E-state index contributed by atoms with van der Waals surface area (Å²) in [6, 6.07) is 13.6. The summed E-state index contributed by atoms with van der Waals surface area (Å²) in [6.45, 7) is 5.44. The Labute approximate surface area is 176 Å². The van der Waals surface area contributed by atoms with Crippen molar-refractivity contribution in [2.75, 3.05) is 29.5 Å². The number of amides is 1. The maximum Gasteiger partial charge on any atom is 0.261 e. The summed E-state index contributed by atoms with van der Waals surface area (Å²) in [5.41, 5.74) is 2.50. The van der Waals surface area contributed by atoms with E-state index < -0.39 is 5.82 Å². The third-order valence-corrected chi connectivity index (χ3v) is 4.69. The summed E-state index contributed by atoms with van der Waals surface area (Å²) < 4.78 is 14.3.